The summed E-state index contributed by atoms with van der Waals surface area (Å²) in [6.45, 7) is 6.10. The Hall–Kier alpha value is -3.74. The molecule has 1 N–H and O–H groups in total. The maximum atomic E-state index is 14.4. The van der Waals surface area contributed by atoms with Crippen molar-refractivity contribution >= 4 is 39.0 Å². The summed E-state index contributed by atoms with van der Waals surface area (Å²) >= 11 is 6.45. The molecule has 1 fully saturated rings. The number of ether oxygens (including phenoxy) is 2. The first-order valence-corrected chi connectivity index (χ1v) is 19.2. The third-order valence-electron chi connectivity index (χ3n) is 9.71. The van der Waals surface area contributed by atoms with Crippen molar-refractivity contribution in [3.8, 4) is 5.75 Å². The number of aromatic nitrogens is 3. The molecule has 1 saturated carbocycles. The van der Waals surface area contributed by atoms with E-state index in [2.05, 4.69) is 48.5 Å². The molecule has 0 unspecified atom stereocenters. The maximum Gasteiger partial charge on any atom is 0.286 e. The van der Waals surface area contributed by atoms with Crippen LogP contribution < -0.4 is 14.4 Å². The minimum absolute atomic E-state index is 0.00302. The highest BCUT2D eigenvalue weighted by Crippen LogP contribution is 2.42. The van der Waals surface area contributed by atoms with E-state index in [1.165, 1.54) is 22.1 Å². The Bertz CT molecular complexity index is 1840. The van der Waals surface area contributed by atoms with Gasteiger partial charge in [-0.25, -0.2) is 4.21 Å². The lowest BCUT2D eigenvalue weighted by molar-refractivity contribution is 0.0133. The van der Waals surface area contributed by atoms with Crippen molar-refractivity contribution in [3.05, 3.63) is 82.2 Å². The van der Waals surface area contributed by atoms with Crippen molar-refractivity contribution in [3.63, 3.8) is 0 Å². The number of methoxy groups -OCH3 is 1. The molecule has 2 aliphatic heterocycles. The molecule has 3 aliphatic rings. The summed E-state index contributed by atoms with van der Waals surface area (Å²) in [5, 5.41) is 8.92. The Morgan fingerprint density at radius 2 is 2.02 bits per heavy atom. The molecule has 0 radical (unpaired) electrons. The molecule has 2 amide bonds. The number of amides is 2. The zero-order chi connectivity index (χ0) is 34.5. The molecule has 49 heavy (non-hydrogen) atoms. The van der Waals surface area contributed by atoms with E-state index in [-0.39, 0.29) is 29.0 Å². The van der Waals surface area contributed by atoms with E-state index >= 15 is 0 Å². The van der Waals surface area contributed by atoms with Gasteiger partial charge in [0.05, 0.1) is 36.9 Å². The third kappa shape index (κ3) is 8.36. The van der Waals surface area contributed by atoms with E-state index in [9.17, 15) is 13.8 Å². The number of aryl methyl sites for hydroxylation is 2. The molecular formula is C36H45ClN6O5S. The molecule has 1 aromatic heterocycles. The highest BCUT2D eigenvalue weighted by atomic mass is 35.5. The molecule has 0 spiro atoms. The quantitative estimate of drug-likeness (QED) is 0.315. The summed E-state index contributed by atoms with van der Waals surface area (Å²) in [5.41, 5.74) is 3.41. The molecule has 2 bridgehead atoms. The summed E-state index contributed by atoms with van der Waals surface area (Å²) in [6, 6.07) is 11.3. The Labute approximate surface area is 293 Å². The second kappa shape index (κ2) is 15.4. The van der Waals surface area contributed by atoms with Crippen LogP contribution in [0, 0.1) is 17.8 Å². The van der Waals surface area contributed by atoms with Crippen LogP contribution in [0.2, 0.25) is 5.02 Å². The van der Waals surface area contributed by atoms with Gasteiger partial charge < -0.3 is 14.4 Å². The van der Waals surface area contributed by atoms with Gasteiger partial charge in [0, 0.05) is 30.8 Å². The molecule has 0 saturated heterocycles. The van der Waals surface area contributed by atoms with Crippen LogP contribution in [0.4, 0.5) is 5.69 Å². The largest absolute Gasteiger partial charge is 0.491 e. The molecule has 262 valence electrons. The molecule has 2 aromatic carbocycles. The number of fused-ring (bicyclic) bond motifs is 3. The predicted molar refractivity (Wildman–Crippen MR) is 190 cm³/mol. The number of carbonyl (C=O) groups is 2. The van der Waals surface area contributed by atoms with Crippen molar-refractivity contribution < 1.29 is 23.3 Å². The van der Waals surface area contributed by atoms with Crippen molar-refractivity contribution in [2.45, 2.75) is 71.6 Å². The van der Waals surface area contributed by atoms with Gasteiger partial charge in [0.25, 0.3) is 11.8 Å². The molecule has 11 nitrogen and oxygen atoms in total. The van der Waals surface area contributed by atoms with Gasteiger partial charge in [-0.05, 0) is 105 Å². The van der Waals surface area contributed by atoms with Crippen molar-refractivity contribution in [1.82, 2.24) is 19.7 Å². The standard InChI is InChI=1S/C36H45ClN6O5S/c1-4-43-38-20-31(39-43)36(45)41-49(46)23-24(2)8-7-10-33(47-3)30-15-12-28(30)22-42-21-27-11-14-29(37)18-25(27)9-5-6-17-48-34-16-13-26(19-32(34)42)35(44)40-49/h7,10-11,13-14,16,18-20,24,28,30,33H,4-6,8-9,12,15,17,21-23H2,1-3H3,(H,40,41,44,45,46)/b10-7+/t24-,28-,30+,33-,49-/m0/s1. The minimum atomic E-state index is -3.57. The van der Waals surface area contributed by atoms with E-state index in [4.69, 9.17) is 21.1 Å². The molecule has 5 atom stereocenters. The Morgan fingerprint density at radius 3 is 2.78 bits per heavy atom. The number of hydrogen-bond donors (Lipinski definition) is 1. The lowest BCUT2D eigenvalue weighted by Crippen LogP contribution is -2.43. The minimum Gasteiger partial charge on any atom is -0.491 e. The number of benzene rings is 2. The van der Waals surface area contributed by atoms with E-state index in [1.54, 1.807) is 25.3 Å². The van der Waals surface area contributed by atoms with Crippen LogP contribution in [0.3, 0.4) is 0 Å². The number of halogens is 1. The molecule has 3 heterocycles. The topological polar surface area (TPSA) is 128 Å². The summed E-state index contributed by atoms with van der Waals surface area (Å²) in [4.78, 5) is 30.8. The zero-order valence-corrected chi connectivity index (χ0v) is 29.9. The SMILES string of the molecule is CCn1ncc(C(=O)N[S@@]2(=O)=NC(=O)c3ccc4c(c3)N(Cc3ccc(Cl)cc3CCCCO4)C[C@@H]3CC[C@H]3[C@@H](OC)/C=C/C[C@H](C)C2)n1. The zero-order valence-electron chi connectivity index (χ0n) is 28.3. The van der Waals surface area contributed by atoms with Gasteiger partial charge >= 0.3 is 0 Å². The number of hydrogen-bond acceptors (Lipinski definition) is 8. The van der Waals surface area contributed by atoms with E-state index in [1.807, 2.05) is 19.9 Å². The van der Waals surface area contributed by atoms with Crippen LogP contribution in [0.5, 0.6) is 5.75 Å². The number of carbonyl (C=O) groups excluding carboxylic acids is 2. The molecular weight excluding hydrogens is 664 g/mol. The highest BCUT2D eigenvalue weighted by molar-refractivity contribution is 7.92. The summed E-state index contributed by atoms with van der Waals surface area (Å²) in [5.74, 6) is -0.222. The monoisotopic (exact) mass is 708 g/mol. The van der Waals surface area contributed by atoms with E-state index in [0.29, 0.717) is 48.7 Å². The molecule has 13 heteroatoms. The van der Waals surface area contributed by atoms with E-state index < -0.39 is 21.7 Å². The van der Waals surface area contributed by atoms with E-state index in [0.717, 1.165) is 44.3 Å². The maximum absolute atomic E-state index is 14.4. The smallest absolute Gasteiger partial charge is 0.286 e. The van der Waals surface area contributed by atoms with Crippen LogP contribution in [-0.4, -0.2) is 63.1 Å². The second-order valence-electron chi connectivity index (χ2n) is 13.3. The number of allylic oxidation sites excluding steroid dienone is 1. The average Bonchev–Trinajstić information content (AvgIpc) is 3.54. The van der Waals surface area contributed by atoms with Crippen LogP contribution in [0.1, 0.15) is 77.9 Å². The Kier molecular flexibility index (Phi) is 11.1. The molecule has 3 aromatic rings. The van der Waals surface area contributed by atoms with Gasteiger partial charge in [0.2, 0.25) is 0 Å². The lowest BCUT2D eigenvalue weighted by Gasteiger charge is -2.43. The first-order chi connectivity index (χ1) is 23.6. The van der Waals surface area contributed by atoms with Crippen LogP contribution in [-0.2, 0) is 34.2 Å². The Balaban J connectivity index is 1.44. The van der Waals surface area contributed by atoms with Gasteiger partial charge in [0.1, 0.15) is 15.7 Å². The first kappa shape index (κ1) is 35.1. The number of anilines is 1. The fourth-order valence-electron chi connectivity index (χ4n) is 6.93. The number of rotatable bonds is 4. The predicted octanol–water partition coefficient (Wildman–Crippen LogP) is 6.26. The van der Waals surface area contributed by atoms with Crippen LogP contribution >= 0.6 is 11.6 Å². The number of nitrogens with one attached hydrogen (secondary N) is 1. The summed E-state index contributed by atoms with van der Waals surface area (Å²) < 4.78 is 33.6. The average molecular weight is 709 g/mol. The summed E-state index contributed by atoms with van der Waals surface area (Å²) in [6.07, 6.45) is 10.8. The fourth-order valence-corrected chi connectivity index (χ4v) is 9.00. The van der Waals surface area contributed by atoms with Crippen LogP contribution in [0.25, 0.3) is 0 Å². The summed E-state index contributed by atoms with van der Waals surface area (Å²) in [7, 11) is -1.82. The normalized spacial score (nSPS) is 26.9. The van der Waals surface area contributed by atoms with Gasteiger partial charge in [-0.3, -0.25) is 14.3 Å². The molecule has 6 rings (SSSR count). The van der Waals surface area contributed by atoms with Crippen molar-refractivity contribution in [1.29, 1.82) is 0 Å². The Morgan fingerprint density at radius 1 is 1.16 bits per heavy atom. The van der Waals surface area contributed by atoms with Crippen molar-refractivity contribution in [2.75, 3.05) is 30.9 Å². The van der Waals surface area contributed by atoms with Gasteiger partial charge in [0.15, 0.2) is 5.69 Å². The highest BCUT2D eigenvalue weighted by Gasteiger charge is 2.38. The third-order valence-corrected chi connectivity index (χ3v) is 11.9. The second-order valence-corrected chi connectivity index (χ2v) is 15.7. The van der Waals surface area contributed by atoms with Crippen molar-refractivity contribution in [2.24, 2.45) is 22.1 Å². The number of nitrogens with zero attached hydrogens (tertiary/aromatic N) is 5. The van der Waals surface area contributed by atoms with Gasteiger partial charge in [-0.15, -0.1) is 9.46 Å². The first-order valence-electron chi connectivity index (χ1n) is 17.1. The van der Waals surface area contributed by atoms with Crippen LogP contribution in [0.15, 0.2) is 59.1 Å². The van der Waals surface area contributed by atoms with Gasteiger partial charge in [-0.1, -0.05) is 36.7 Å². The molecule has 1 aliphatic carbocycles. The fraction of sp³-hybridized carbons (Fsp3) is 0.500. The lowest BCUT2D eigenvalue weighted by atomic mass is 9.70. The van der Waals surface area contributed by atoms with Gasteiger partial charge in [-0.2, -0.15) is 9.90 Å².